The molecule has 28 heavy (non-hydrogen) atoms. The zero-order valence-corrected chi connectivity index (χ0v) is 16.3. The fourth-order valence-corrected chi connectivity index (χ4v) is 4.81. The average Bonchev–Trinajstić information content (AvgIpc) is 3.25. The molecule has 3 rings (SSSR count). The van der Waals surface area contributed by atoms with E-state index in [0.29, 0.717) is 13.1 Å². The van der Waals surface area contributed by atoms with E-state index in [1.165, 1.54) is 34.2 Å². The first-order valence-corrected chi connectivity index (χ1v) is 10.2. The van der Waals surface area contributed by atoms with Crippen molar-refractivity contribution < 1.29 is 26.4 Å². The Balaban J connectivity index is 1.85. The summed E-state index contributed by atoms with van der Waals surface area (Å²) in [5, 5.41) is 1.86. The van der Waals surface area contributed by atoms with Gasteiger partial charge in [0.25, 0.3) is 5.91 Å². The average molecular weight is 436 g/mol. The minimum absolute atomic E-state index is 0.00119. The Kier molecular flexibility index (Phi) is 5.48. The quantitative estimate of drug-likeness (QED) is 0.795. The maximum Gasteiger partial charge on any atom is 0.417 e. The standard InChI is InChI=1S/C17H17ClF3N3O3S/c1-23-10-12(28(26,27)24-6-2-3-7-24)9-15(23)16(25)22-11-4-5-14(18)13(8-11)17(19,20)21/h4-5,8-10H,2-3,6-7H2,1H3,(H,22,25). The lowest BCUT2D eigenvalue weighted by Gasteiger charge is -2.13. The van der Waals surface area contributed by atoms with Crippen molar-refractivity contribution in [2.45, 2.75) is 23.9 Å². The van der Waals surface area contributed by atoms with E-state index in [4.69, 9.17) is 11.6 Å². The molecular weight excluding hydrogens is 419 g/mol. The molecule has 1 aromatic carbocycles. The molecule has 0 saturated carbocycles. The number of aromatic nitrogens is 1. The minimum Gasteiger partial charge on any atom is -0.345 e. The van der Waals surface area contributed by atoms with Crippen LogP contribution in [0.15, 0.2) is 35.4 Å². The van der Waals surface area contributed by atoms with Gasteiger partial charge in [-0.05, 0) is 37.1 Å². The largest absolute Gasteiger partial charge is 0.417 e. The van der Waals surface area contributed by atoms with Crippen LogP contribution in [0.2, 0.25) is 5.02 Å². The molecule has 1 saturated heterocycles. The van der Waals surface area contributed by atoms with Crippen molar-refractivity contribution in [3.05, 3.63) is 46.7 Å². The van der Waals surface area contributed by atoms with Gasteiger partial charge in [-0.2, -0.15) is 17.5 Å². The summed E-state index contributed by atoms with van der Waals surface area (Å²) in [6, 6.07) is 4.21. The van der Waals surface area contributed by atoms with E-state index in [1.807, 2.05) is 0 Å². The summed E-state index contributed by atoms with van der Waals surface area (Å²) in [4.78, 5) is 12.5. The molecule has 1 N–H and O–H groups in total. The second-order valence-corrected chi connectivity index (χ2v) is 8.77. The first-order valence-electron chi connectivity index (χ1n) is 8.35. The van der Waals surface area contributed by atoms with Crippen molar-refractivity contribution in [3.63, 3.8) is 0 Å². The highest BCUT2D eigenvalue weighted by molar-refractivity contribution is 7.89. The van der Waals surface area contributed by atoms with Gasteiger partial charge in [0.15, 0.2) is 0 Å². The minimum atomic E-state index is -4.67. The fraction of sp³-hybridized carbons (Fsp3) is 0.353. The predicted octanol–water partition coefficient (Wildman–Crippen LogP) is 3.73. The number of benzene rings is 1. The van der Waals surface area contributed by atoms with Gasteiger partial charge in [0.1, 0.15) is 10.6 Å². The Labute approximate surface area is 164 Å². The van der Waals surface area contributed by atoms with Crippen LogP contribution in [0.1, 0.15) is 28.9 Å². The molecule has 2 heterocycles. The number of anilines is 1. The number of amides is 1. The molecular formula is C17H17ClF3N3O3S. The lowest BCUT2D eigenvalue weighted by Crippen LogP contribution is -2.27. The molecule has 1 fully saturated rings. The van der Waals surface area contributed by atoms with Crippen molar-refractivity contribution in [3.8, 4) is 0 Å². The van der Waals surface area contributed by atoms with Crippen LogP contribution in [0.25, 0.3) is 0 Å². The van der Waals surface area contributed by atoms with Crippen molar-refractivity contribution in [2.24, 2.45) is 7.05 Å². The number of alkyl halides is 3. The highest BCUT2D eigenvalue weighted by atomic mass is 35.5. The topological polar surface area (TPSA) is 71.4 Å². The van der Waals surface area contributed by atoms with Crippen LogP contribution in [0.5, 0.6) is 0 Å². The predicted molar refractivity (Wildman–Crippen MR) is 97.8 cm³/mol. The highest BCUT2D eigenvalue weighted by Crippen LogP contribution is 2.36. The van der Waals surface area contributed by atoms with Crippen molar-refractivity contribution in [2.75, 3.05) is 18.4 Å². The third kappa shape index (κ3) is 4.03. The Morgan fingerprint density at radius 3 is 2.43 bits per heavy atom. The van der Waals surface area contributed by atoms with Gasteiger partial charge < -0.3 is 9.88 Å². The van der Waals surface area contributed by atoms with Crippen LogP contribution in [0.3, 0.4) is 0 Å². The summed E-state index contributed by atoms with van der Waals surface area (Å²) in [5.41, 5.74) is -1.18. The lowest BCUT2D eigenvalue weighted by atomic mass is 10.2. The molecule has 0 bridgehead atoms. The molecule has 2 aromatic rings. The maximum atomic E-state index is 13.0. The van der Waals surface area contributed by atoms with E-state index < -0.39 is 32.7 Å². The Hall–Kier alpha value is -2.04. The number of nitrogens with one attached hydrogen (secondary N) is 1. The smallest absolute Gasteiger partial charge is 0.345 e. The van der Waals surface area contributed by atoms with Gasteiger partial charge in [-0.1, -0.05) is 11.6 Å². The first kappa shape index (κ1) is 20.7. The van der Waals surface area contributed by atoms with Gasteiger partial charge in [0, 0.05) is 32.0 Å². The molecule has 0 radical (unpaired) electrons. The van der Waals surface area contributed by atoms with Crippen LogP contribution in [0, 0.1) is 0 Å². The molecule has 1 aliphatic heterocycles. The molecule has 11 heteroatoms. The summed E-state index contributed by atoms with van der Waals surface area (Å²) < 4.78 is 66.8. The molecule has 0 spiro atoms. The van der Waals surface area contributed by atoms with Crippen molar-refractivity contribution in [1.82, 2.24) is 8.87 Å². The molecule has 1 aliphatic rings. The van der Waals surface area contributed by atoms with Crippen molar-refractivity contribution >= 4 is 33.2 Å². The number of aryl methyl sites for hydroxylation is 1. The van der Waals surface area contributed by atoms with Crippen molar-refractivity contribution in [1.29, 1.82) is 0 Å². The number of halogens is 4. The van der Waals surface area contributed by atoms with Crippen LogP contribution in [0.4, 0.5) is 18.9 Å². The summed E-state index contributed by atoms with van der Waals surface area (Å²) in [7, 11) is -2.23. The number of carbonyl (C=O) groups is 1. The lowest BCUT2D eigenvalue weighted by molar-refractivity contribution is -0.137. The number of hydrogen-bond donors (Lipinski definition) is 1. The van der Waals surface area contributed by atoms with Gasteiger partial charge in [-0.15, -0.1) is 0 Å². The van der Waals surface area contributed by atoms with E-state index >= 15 is 0 Å². The SMILES string of the molecule is Cn1cc(S(=O)(=O)N2CCCC2)cc1C(=O)Nc1ccc(Cl)c(C(F)(F)F)c1. The molecule has 0 atom stereocenters. The summed E-state index contributed by atoms with van der Waals surface area (Å²) >= 11 is 5.57. The van der Waals surface area contributed by atoms with E-state index in [2.05, 4.69) is 5.32 Å². The normalized spacial score (nSPS) is 15.8. The first-order chi connectivity index (χ1) is 13.0. The van der Waals surface area contributed by atoms with Gasteiger partial charge in [0.2, 0.25) is 10.0 Å². The number of rotatable bonds is 4. The molecule has 1 amide bonds. The van der Waals surface area contributed by atoms with Crippen LogP contribution >= 0.6 is 11.6 Å². The van der Waals surface area contributed by atoms with E-state index in [0.717, 1.165) is 25.0 Å². The second-order valence-electron chi connectivity index (χ2n) is 6.43. The van der Waals surface area contributed by atoms with Crippen LogP contribution in [-0.2, 0) is 23.2 Å². The van der Waals surface area contributed by atoms with Crippen LogP contribution in [-0.4, -0.2) is 36.3 Å². The molecule has 1 aromatic heterocycles. The molecule has 0 unspecified atom stereocenters. The highest BCUT2D eigenvalue weighted by Gasteiger charge is 2.34. The van der Waals surface area contributed by atoms with Gasteiger partial charge in [-0.3, -0.25) is 4.79 Å². The second kappa shape index (κ2) is 7.41. The number of carbonyl (C=O) groups excluding carboxylic acids is 1. The fourth-order valence-electron chi connectivity index (χ4n) is 2.99. The summed E-state index contributed by atoms with van der Waals surface area (Å²) in [6.45, 7) is 0.841. The Morgan fingerprint density at radius 2 is 1.82 bits per heavy atom. The summed E-state index contributed by atoms with van der Waals surface area (Å²) in [6.07, 6.45) is -1.81. The van der Waals surface area contributed by atoms with E-state index in [9.17, 15) is 26.4 Å². The molecule has 152 valence electrons. The number of hydrogen-bond acceptors (Lipinski definition) is 3. The Morgan fingerprint density at radius 1 is 1.18 bits per heavy atom. The monoisotopic (exact) mass is 435 g/mol. The van der Waals surface area contributed by atoms with Gasteiger partial charge >= 0.3 is 6.18 Å². The zero-order chi connectivity index (χ0) is 20.7. The third-order valence-corrected chi connectivity index (χ3v) is 6.64. The summed E-state index contributed by atoms with van der Waals surface area (Å²) in [5.74, 6) is -0.735. The van der Waals surface area contributed by atoms with Crippen LogP contribution < -0.4 is 5.32 Å². The van der Waals surface area contributed by atoms with E-state index in [-0.39, 0.29) is 16.3 Å². The van der Waals surface area contributed by atoms with Gasteiger partial charge in [-0.25, -0.2) is 8.42 Å². The number of sulfonamides is 1. The maximum absolute atomic E-state index is 13.0. The Bertz CT molecular complexity index is 1010. The molecule has 0 aliphatic carbocycles. The zero-order valence-electron chi connectivity index (χ0n) is 14.8. The molecule has 6 nitrogen and oxygen atoms in total. The number of nitrogens with zero attached hydrogens (tertiary/aromatic N) is 2. The van der Waals surface area contributed by atoms with Gasteiger partial charge in [0.05, 0.1) is 10.6 Å². The van der Waals surface area contributed by atoms with E-state index in [1.54, 1.807) is 0 Å². The third-order valence-electron chi connectivity index (χ3n) is 4.44.